The highest BCUT2D eigenvalue weighted by Crippen LogP contribution is 2.26. The molecule has 8 nitrogen and oxygen atoms in total. The number of piperidine rings is 1. The van der Waals surface area contributed by atoms with Crippen molar-refractivity contribution in [2.75, 3.05) is 18.4 Å². The van der Waals surface area contributed by atoms with Gasteiger partial charge in [0.2, 0.25) is 5.95 Å². The second-order valence-electron chi connectivity index (χ2n) is 7.70. The van der Waals surface area contributed by atoms with Crippen LogP contribution in [-0.2, 0) is 0 Å². The summed E-state index contributed by atoms with van der Waals surface area (Å²) in [5.41, 5.74) is 1.60. The van der Waals surface area contributed by atoms with Gasteiger partial charge in [-0.15, -0.1) is 10.2 Å². The number of rotatable bonds is 4. The number of urea groups is 1. The molecular weight excluding hydrogens is 405 g/mol. The molecular formula is C20H24FN7OS. The van der Waals surface area contributed by atoms with Gasteiger partial charge in [-0.3, -0.25) is 5.32 Å². The number of carbonyl (C=O) groups excluding carboxylic acids is 1. The van der Waals surface area contributed by atoms with Crippen LogP contribution in [0.4, 0.5) is 15.1 Å². The number of halogens is 1. The summed E-state index contributed by atoms with van der Waals surface area (Å²) in [4.78, 5) is 22.7. The predicted octanol–water partition coefficient (Wildman–Crippen LogP) is 3.40. The molecule has 30 heavy (non-hydrogen) atoms. The van der Waals surface area contributed by atoms with Crippen molar-refractivity contribution in [2.45, 2.75) is 45.4 Å². The van der Waals surface area contributed by atoms with Crippen molar-refractivity contribution in [1.82, 2.24) is 30.4 Å². The van der Waals surface area contributed by atoms with Gasteiger partial charge < -0.3 is 10.2 Å². The molecule has 3 aromatic rings. The molecule has 4 rings (SSSR count). The lowest BCUT2D eigenvalue weighted by atomic mass is 10.0. The van der Waals surface area contributed by atoms with Gasteiger partial charge in [-0.25, -0.2) is 19.2 Å². The van der Waals surface area contributed by atoms with Gasteiger partial charge in [-0.2, -0.15) is 0 Å². The monoisotopic (exact) mass is 429 g/mol. The first-order valence-electron chi connectivity index (χ1n) is 9.92. The molecule has 0 spiro atoms. The highest BCUT2D eigenvalue weighted by molar-refractivity contribution is 7.14. The van der Waals surface area contributed by atoms with Crippen molar-refractivity contribution in [1.29, 1.82) is 0 Å². The van der Waals surface area contributed by atoms with Crippen LogP contribution in [0.15, 0.2) is 24.4 Å². The Bertz CT molecular complexity index is 1060. The van der Waals surface area contributed by atoms with Crippen LogP contribution in [-0.4, -0.2) is 62.4 Å². The summed E-state index contributed by atoms with van der Waals surface area (Å²) < 4.78 is 14.4. The number of aromatic nitrogens is 4. The van der Waals surface area contributed by atoms with Gasteiger partial charge in [-0.05, 0) is 19.4 Å². The molecule has 10 heteroatoms. The molecule has 1 aliphatic rings. The number of alkyl halides is 1. The van der Waals surface area contributed by atoms with E-state index in [0.717, 1.165) is 21.0 Å². The normalized spacial score (nSPS) is 19.4. The van der Waals surface area contributed by atoms with Gasteiger partial charge >= 0.3 is 6.03 Å². The first kappa shape index (κ1) is 20.5. The number of benzene rings is 1. The molecule has 158 valence electrons. The van der Waals surface area contributed by atoms with Crippen LogP contribution in [0.1, 0.15) is 25.3 Å². The molecule has 2 N–H and O–H groups in total. The predicted molar refractivity (Wildman–Crippen MR) is 115 cm³/mol. The fraction of sp³-hybridized carbons (Fsp3) is 0.450. The van der Waals surface area contributed by atoms with Gasteiger partial charge in [0.25, 0.3) is 0 Å². The van der Waals surface area contributed by atoms with Gasteiger partial charge in [0.1, 0.15) is 16.2 Å². The second kappa shape index (κ2) is 8.57. The maximum Gasteiger partial charge on any atom is 0.324 e. The lowest BCUT2D eigenvalue weighted by Crippen LogP contribution is -2.54. The topological polar surface area (TPSA) is 95.9 Å². The SMILES string of the molecule is Cc1nnc(-c2ccc3cnc(NC(=O)N4CC[C@@H](NC(C)C)[C@H](F)C4)nc3c2)s1. The number of hydrogen-bond donors (Lipinski definition) is 2. The lowest BCUT2D eigenvalue weighted by molar-refractivity contribution is 0.119. The molecule has 1 aromatic carbocycles. The number of anilines is 1. The molecule has 1 saturated heterocycles. The van der Waals surface area contributed by atoms with Crippen LogP contribution in [0, 0.1) is 6.92 Å². The Labute approximate surface area is 177 Å². The number of nitrogens with one attached hydrogen (secondary N) is 2. The Morgan fingerprint density at radius 1 is 1.33 bits per heavy atom. The molecule has 2 aromatic heterocycles. The van der Waals surface area contributed by atoms with Crippen LogP contribution in [0.2, 0.25) is 0 Å². The van der Waals surface area contributed by atoms with Crippen molar-refractivity contribution in [2.24, 2.45) is 0 Å². The maximum atomic E-state index is 14.4. The summed E-state index contributed by atoms with van der Waals surface area (Å²) in [6.45, 7) is 6.40. The molecule has 2 amide bonds. The van der Waals surface area contributed by atoms with Gasteiger partial charge in [0.15, 0.2) is 0 Å². The Hall–Kier alpha value is -2.72. The molecule has 0 unspecified atom stereocenters. The Balaban J connectivity index is 1.46. The van der Waals surface area contributed by atoms with Gasteiger partial charge in [-0.1, -0.05) is 37.3 Å². The van der Waals surface area contributed by atoms with Crippen molar-refractivity contribution < 1.29 is 9.18 Å². The van der Waals surface area contributed by atoms with Crippen LogP contribution in [0.25, 0.3) is 21.5 Å². The van der Waals surface area contributed by atoms with Crippen molar-refractivity contribution in [3.8, 4) is 10.6 Å². The highest BCUT2D eigenvalue weighted by atomic mass is 32.1. The molecule has 0 bridgehead atoms. The van der Waals surface area contributed by atoms with E-state index < -0.39 is 12.2 Å². The quantitative estimate of drug-likeness (QED) is 0.660. The summed E-state index contributed by atoms with van der Waals surface area (Å²) in [6, 6.07) is 5.33. The molecule has 1 aliphatic heterocycles. The van der Waals surface area contributed by atoms with E-state index in [1.165, 1.54) is 16.2 Å². The van der Waals surface area contributed by atoms with E-state index in [9.17, 15) is 9.18 Å². The highest BCUT2D eigenvalue weighted by Gasteiger charge is 2.31. The van der Waals surface area contributed by atoms with Crippen LogP contribution < -0.4 is 10.6 Å². The van der Waals surface area contributed by atoms with Crippen molar-refractivity contribution >= 4 is 34.2 Å². The minimum atomic E-state index is -1.11. The Kier molecular flexibility index (Phi) is 5.87. The minimum absolute atomic E-state index is 0.0460. The number of fused-ring (bicyclic) bond motifs is 1. The van der Waals surface area contributed by atoms with Crippen LogP contribution in [0.5, 0.6) is 0 Å². The number of amides is 2. The third-order valence-electron chi connectivity index (χ3n) is 4.95. The standard InChI is InChI=1S/C20H24FN7OS/c1-11(2)23-16-6-7-28(10-15(16)21)20(29)25-19-22-9-14-5-4-13(8-17(14)24-19)18-27-26-12(3)30-18/h4-5,8-9,11,15-16,23H,6-7,10H2,1-3H3,(H,22,24,25,29)/t15-,16-/m1/s1. The summed E-state index contributed by atoms with van der Waals surface area (Å²) in [5.74, 6) is 0.191. The van der Waals surface area contributed by atoms with Gasteiger partial charge in [0, 0.05) is 35.8 Å². The van der Waals surface area contributed by atoms with E-state index in [4.69, 9.17) is 0 Å². The van der Waals surface area contributed by atoms with E-state index in [1.54, 1.807) is 6.20 Å². The molecule has 1 fully saturated rings. The second-order valence-corrected chi connectivity index (χ2v) is 8.88. The fourth-order valence-corrected chi connectivity index (χ4v) is 4.20. The third-order valence-corrected chi connectivity index (χ3v) is 5.84. The number of hydrogen-bond acceptors (Lipinski definition) is 7. The van der Waals surface area contributed by atoms with Gasteiger partial charge in [0.05, 0.1) is 12.1 Å². The molecule has 3 heterocycles. The number of carbonyl (C=O) groups is 1. The molecule has 0 radical (unpaired) electrons. The van der Waals surface area contributed by atoms with Crippen molar-refractivity contribution in [3.63, 3.8) is 0 Å². The van der Waals surface area contributed by atoms with Crippen LogP contribution >= 0.6 is 11.3 Å². The van der Waals surface area contributed by atoms with E-state index in [1.807, 2.05) is 39.0 Å². The average molecular weight is 430 g/mol. The summed E-state index contributed by atoms with van der Waals surface area (Å²) in [7, 11) is 0. The Morgan fingerprint density at radius 3 is 2.87 bits per heavy atom. The number of aryl methyl sites for hydroxylation is 1. The summed E-state index contributed by atoms with van der Waals surface area (Å²) >= 11 is 1.50. The van der Waals surface area contributed by atoms with E-state index in [2.05, 4.69) is 30.8 Å². The van der Waals surface area contributed by atoms with E-state index >= 15 is 0 Å². The third kappa shape index (κ3) is 4.54. The zero-order valence-corrected chi connectivity index (χ0v) is 17.9. The fourth-order valence-electron chi connectivity index (χ4n) is 3.51. The van der Waals surface area contributed by atoms with E-state index in [-0.39, 0.29) is 24.6 Å². The van der Waals surface area contributed by atoms with E-state index in [0.29, 0.717) is 18.5 Å². The lowest BCUT2D eigenvalue weighted by Gasteiger charge is -2.35. The number of likely N-dealkylation sites (tertiary alicyclic amines) is 1. The van der Waals surface area contributed by atoms with Crippen molar-refractivity contribution in [3.05, 3.63) is 29.4 Å². The summed E-state index contributed by atoms with van der Waals surface area (Å²) in [6.07, 6.45) is 1.11. The first-order valence-corrected chi connectivity index (χ1v) is 10.7. The molecule has 2 atom stereocenters. The molecule has 0 saturated carbocycles. The first-order chi connectivity index (χ1) is 14.4. The zero-order chi connectivity index (χ0) is 21.3. The summed E-state index contributed by atoms with van der Waals surface area (Å²) in [5, 5.41) is 16.7. The number of nitrogens with zero attached hydrogens (tertiary/aromatic N) is 5. The largest absolute Gasteiger partial charge is 0.324 e. The molecule has 0 aliphatic carbocycles. The zero-order valence-electron chi connectivity index (χ0n) is 17.1. The average Bonchev–Trinajstić information content (AvgIpc) is 3.15. The van der Waals surface area contributed by atoms with Crippen LogP contribution in [0.3, 0.4) is 0 Å². The smallest absolute Gasteiger partial charge is 0.321 e. The maximum absolute atomic E-state index is 14.4. The minimum Gasteiger partial charge on any atom is -0.321 e. The Morgan fingerprint density at radius 2 is 2.17 bits per heavy atom.